The predicted molar refractivity (Wildman–Crippen MR) is 76.3 cm³/mol. The van der Waals surface area contributed by atoms with Gasteiger partial charge in [0.25, 0.3) is 0 Å². The smallest absolute Gasteiger partial charge is 0.321 e. The van der Waals surface area contributed by atoms with Crippen molar-refractivity contribution in [3.63, 3.8) is 0 Å². The zero-order chi connectivity index (χ0) is 15.2. The van der Waals surface area contributed by atoms with Gasteiger partial charge in [-0.05, 0) is 49.8 Å². The van der Waals surface area contributed by atoms with Crippen molar-refractivity contribution < 1.29 is 19.4 Å². The number of methoxy groups -OCH3 is 1. The van der Waals surface area contributed by atoms with Crippen LogP contribution in [0.2, 0.25) is 0 Å². The van der Waals surface area contributed by atoms with Crippen LogP contribution in [0.4, 0.5) is 0 Å². The van der Waals surface area contributed by atoms with Gasteiger partial charge in [-0.25, -0.2) is 0 Å². The van der Waals surface area contributed by atoms with Crippen molar-refractivity contribution in [2.45, 2.75) is 38.2 Å². The molecule has 0 radical (unpaired) electrons. The lowest BCUT2D eigenvalue weighted by molar-refractivity contribution is -0.139. The van der Waals surface area contributed by atoms with Gasteiger partial charge in [0.15, 0.2) is 11.5 Å². The fourth-order valence-corrected chi connectivity index (χ4v) is 2.55. The Kier molecular flexibility index (Phi) is 5.04. The molecule has 0 amide bonds. The second kappa shape index (κ2) is 6.98. The minimum atomic E-state index is -1.11. The number of ether oxygens (including phenoxy) is 2. The molecule has 1 aromatic rings. The van der Waals surface area contributed by atoms with E-state index in [1.807, 2.05) is 0 Å². The molecule has 0 aromatic heterocycles. The lowest BCUT2D eigenvalue weighted by atomic mass is 10.0. The number of hydrogen-bond donors (Lipinski definition) is 1. The van der Waals surface area contributed by atoms with Gasteiger partial charge in [0.1, 0.15) is 5.92 Å². The Bertz CT molecular complexity index is 544. The van der Waals surface area contributed by atoms with Crippen molar-refractivity contribution in [2.75, 3.05) is 7.11 Å². The molecule has 0 spiro atoms. The number of carbonyl (C=O) groups is 1. The molecular formula is C16H19NO4. The number of carboxylic acids is 1. The molecule has 1 unspecified atom stereocenters. The molecule has 1 N–H and O–H groups in total. The molecule has 1 fully saturated rings. The Morgan fingerprint density at radius 3 is 2.71 bits per heavy atom. The van der Waals surface area contributed by atoms with E-state index in [2.05, 4.69) is 0 Å². The van der Waals surface area contributed by atoms with E-state index in [0.29, 0.717) is 11.5 Å². The van der Waals surface area contributed by atoms with Crippen LogP contribution < -0.4 is 9.47 Å². The SMILES string of the molecule is COc1ccc(CC(C#N)C(=O)O)cc1OC1CCCC1. The molecule has 0 heterocycles. The highest BCUT2D eigenvalue weighted by Crippen LogP contribution is 2.33. The summed E-state index contributed by atoms with van der Waals surface area (Å²) in [6.07, 6.45) is 4.76. The Labute approximate surface area is 124 Å². The van der Waals surface area contributed by atoms with E-state index in [1.165, 1.54) is 12.8 Å². The average molecular weight is 289 g/mol. The number of hydrogen-bond acceptors (Lipinski definition) is 4. The Hall–Kier alpha value is -2.22. The molecule has 1 atom stereocenters. The van der Waals surface area contributed by atoms with E-state index in [1.54, 1.807) is 31.4 Å². The molecule has 0 bridgehead atoms. The van der Waals surface area contributed by atoms with E-state index >= 15 is 0 Å². The van der Waals surface area contributed by atoms with Crippen LogP contribution in [0.15, 0.2) is 18.2 Å². The highest BCUT2D eigenvalue weighted by Gasteiger charge is 2.21. The molecule has 1 aliphatic carbocycles. The molecule has 5 nitrogen and oxygen atoms in total. The summed E-state index contributed by atoms with van der Waals surface area (Å²) in [5.41, 5.74) is 0.762. The third kappa shape index (κ3) is 3.88. The van der Waals surface area contributed by atoms with Crippen LogP contribution in [-0.4, -0.2) is 24.3 Å². The van der Waals surface area contributed by atoms with Crippen LogP contribution >= 0.6 is 0 Å². The topological polar surface area (TPSA) is 79.5 Å². The van der Waals surface area contributed by atoms with Gasteiger partial charge in [0.05, 0.1) is 19.3 Å². The second-order valence-electron chi connectivity index (χ2n) is 5.23. The zero-order valence-corrected chi connectivity index (χ0v) is 12.0. The summed E-state index contributed by atoms with van der Waals surface area (Å²) >= 11 is 0. The third-order valence-corrected chi connectivity index (χ3v) is 3.72. The van der Waals surface area contributed by atoms with Gasteiger partial charge in [-0.2, -0.15) is 5.26 Å². The van der Waals surface area contributed by atoms with Gasteiger partial charge in [0.2, 0.25) is 0 Å². The van der Waals surface area contributed by atoms with E-state index < -0.39 is 11.9 Å². The maximum Gasteiger partial charge on any atom is 0.321 e. The summed E-state index contributed by atoms with van der Waals surface area (Å²) in [6.45, 7) is 0. The van der Waals surface area contributed by atoms with Crippen molar-refractivity contribution in [1.29, 1.82) is 5.26 Å². The summed E-state index contributed by atoms with van der Waals surface area (Å²) in [6, 6.07) is 7.11. The third-order valence-electron chi connectivity index (χ3n) is 3.72. The average Bonchev–Trinajstić information content (AvgIpc) is 2.97. The number of nitrogens with zero attached hydrogens (tertiary/aromatic N) is 1. The Balaban J connectivity index is 2.16. The molecule has 0 saturated heterocycles. The number of rotatable bonds is 6. The molecule has 1 aliphatic rings. The fraction of sp³-hybridized carbons (Fsp3) is 0.500. The maximum absolute atomic E-state index is 10.9. The van der Waals surface area contributed by atoms with E-state index in [4.69, 9.17) is 19.8 Å². The molecule has 21 heavy (non-hydrogen) atoms. The number of carboxylic acid groups (broad SMARTS) is 1. The Morgan fingerprint density at radius 1 is 1.43 bits per heavy atom. The summed E-state index contributed by atoms with van der Waals surface area (Å²) in [5, 5.41) is 17.8. The van der Waals surface area contributed by atoms with Crippen molar-refractivity contribution in [1.82, 2.24) is 0 Å². The summed E-state index contributed by atoms with van der Waals surface area (Å²) in [7, 11) is 1.58. The standard InChI is InChI=1S/C16H19NO4/c1-20-14-7-6-11(8-12(10-17)16(18)19)9-15(14)21-13-4-2-3-5-13/h6-7,9,12-13H,2-5,8H2,1H3,(H,18,19). The largest absolute Gasteiger partial charge is 0.493 e. The summed E-state index contributed by atoms with van der Waals surface area (Å²) in [4.78, 5) is 10.9. The molecule has 5 heteroatoms. The van der Waals surface area contributed by atoms with Crippen molar-refractivity contribution in [2.24, 2.45) is 5.92 Å². The molecule has 1 aromatic carbocycles. The monoisotopic (exact) mass is 289 g/mol. The molecule has 0 aliphatic heterocycles. The van der Waals surface area contributed by atoms with Gasteiger partial charge in [-0.3, -0.25) is 4.79 Å². The molecule has 112 valence electrons. The first-order chi connectivity index (χ1) is 10.1. The summed E-state index contributed by atoms with van der Waals surface area (Å²) in [5.74, 6) is -0.886. The predicted octanol–water partition coefficient (Wildman–Crippen LogP) is 2.78. The number of nitriles is 1. The van der Waals surface area contributed by atoms with Crippen LogP contribution in [0.3, 0.4) is 0 Å². The Morgan fingerprint density at radius 2 is 2.14 bits per heavy atom. The quantitative estimate of drug-likeness (QED) is 0.871. The second-order valence-corrected chi connectivity index (χ2v) is 5.23. The first-order valence-corrected chi connectivity index (χ1v) is 7.10. The van der Waals surface area contributed by atoms with E-state index in [0.717, 1.165) is 18.4 Å². The minimum absolute atomic E-state index is 0.164. The van der Waals surface area contributed by atoms with Crippen LogP contribution in [0, 0.1) is 17.2 Å². The molecular weight excluding hydrogens is 270 g/mol. The fourth-order valence-electron chi connectivity index (χ4n) is 2.55. The minimum Gasteiger partial charge on any atom is -0.493 e. The van der Waals surface area contributed by atoms with Gasteiger partial charge in [-0.1, -0.05) is 6.07 Å². The highest BCUT2D eigenvalue weighted by atomic mass is 16.5. The normalized spacial score (nSPS) is 16.2. The lowest BCUT2D eigenvalue weighted by Crippen LogP contribution is -2.15. The lowest BCUT2D eigenvalue weighted by Gasteiger charge is -2.17. The van der Waals surface area contributed by atoms with Gasteiger partial charge in [-0.15, -0.1) is 0 Å². The molecule has 2 rings (SSSR count). The number of benzene rings is 1. The van der Waals surface area contributed by atoms with Gasteiger partial charge in [0, 0.05) is 0 Å². The van der Waals surface area contributed by atoms with E-state index in [9.17, 15) is 4.79 Å². The zero-order valence-electron chi connectivity index (χ0n) is 12.0. The first kappa shape index (κ1) is 15.2. The summed E-state index contributed by atoms with van der Waals surface area (Å²) < 4.78 is 11.2. The van der Waals surface area contributed by atoms with Gasteiger partial charge < -0.3 is 14.6 Å². The number of aliphatic carboxylic acids is 1. The van der Waals surface area contributed by atoms with Crippen molar-refractivity contribution in [3.05, 3.63) is 23.8 Å². The van der Waals surface area contributed by atoms with Crippen LogP contribution in [0.5, 0.6) is 11.5 Å². The maximum atomic E-state index is 10.9. The van der Waals surface area contributed by atoms with Gasteiger partial charge >= 0.3 is 5.97 Å². The van der Waals surface area contributed by atoms with Crippen molar-refractivity contribution in [3.8, 4) is 17.6 Å². The van der Waals surface area contributed by atoms with E-state index in [-0.39, 0.29) is 12.5 Å². The highest BCUT2D eigenvalue weighted by molar-refractivity contribution is 5.73. The first-order valence-electron chi connectivity index (χ1n) is 7.10. The van der Waals surface area contributed by atoms with Crippen LogP contribution in [0.1, 0.15) is 31.2 Å². The molecule has 1 saturated carbocycles. The van der Waals surface area contributed by atoms with Crippen molar-refractivity contribution >= 4 is 5.97 Å². The van der Waals surface area contributed by atoms with Crippen LogP contribution in [-0.2, 0) is 11.2 Å². The van der Waals surface area contributed by atoms with Crippen LogP contribution in [0.25, 0.3) is 0 Å².